The van der Waals surface area contributed by atoms with E-state index in [1.54, 1.807) is 6.20 Å². The summed E-state index contributed by atoms with van der Waals surface area (Å²) in [5.74, 6) is 0. The Balaban J connectivity index is 2.39. The van der Waals surface area contributed by atoms with E-state index in [0.29, 0.717) is 0 Å². The Morgan fingerprint density at radius 2 is 2.38 bits per heavy atom. The highest BCUT2D eigenvalue weighted by atomic mass is 16.3. The van der Waals surface area contributed by atoms with Crippen molar-refractivity contribution < 1.29 is 5.11 Å². The van der Waals surface area contributed by atoms with Crippen LogP contribution in [0.1, 0.15) is 16.7 Å². The lowest BCUT2D eigenvalue weighted by Gasteiger charge is -2.25. The maximum atomic E-state index is 9.11. The fraction of sp³-hybridized carbons (Fsp3) is 0.500. The molecule has 3 nitrogen and oxygen atoms in total. The molecular weight excluding hydrogens is 164 g/mol. The summed E-state index contributed by atoms with van der Waals surface area (Å²) in [5, 5.41) is 9.11. The summed E-state index contributed by atoms with van der Waals surface area (Å²) in [6.07, 6.45) is 4.71. The molecule has 2 heterocycles. The van der Waals surface area contributed by atoms with Gasteiger partial charge in [-0.25, -0.2) is 0 Å². The molecular formula is C10H14N2O. The van der Waals surface area contributed by atoms with Crippen molar-refractivity contribution >= 4 is 0 Å². The fourth-order valence-corrected chi connectivity index (χ4v) is 1.85. The van der Waals surface area contributed by atoms with Crippen LogP contribution >= 0.6 is 0 Å². The van der Waals surface area contributed by atoms with Crippen LogP contribution in [-0.4, -0.2) is 28.6 Å². The molecule has 0 bridgehead atoms. The number of rotatable bonds is 1. The third-order valence-electron chi connectivity index (χ3n) is 2.59. The van der Waals surface area contributed by atoms with Gasteiger partial charge in [0.1, 0.15) is 0 Å². The van der Waals surface area contributed by atoms with Crippen LogP contribution in [0, 0.1) is 0 Å². The molecule has 0 aromatic carbocycles. The van der Waals surface area contributed by atoms with Gasteiger partial charge in [0.15, 0.2) is 0 Å². The van der Waals surface area contributed by atoms with Crippen molar-refractivity contribution in [2.45, 2.75) is 19.6 Å². The molecule has 0 spiro atoms. The molecule has 0 saturated heterocycles. The molecule has 0 fully saturated rings. The molecule has 70 valence electrons. The first-order valence-electron chi connectivity index (χ1n) is 4.55. The van der Waals surface area contributed by atoms with Crippen LogP contribution in [0.4, 0.5) is 0 Å². The average Bonchev–Trinajstić information content (AvgIpc) is 2.16. The predicted molar refractivity (Wildman–Crippen MR) is 50.2 cm³/mol. The van der Waals surface area contributed by atoms with E-state index >= 15 is 0 Å². The van der Waals surface area contributed by atoms with Crippen molar-refractivity contribution in [3.05, 3.63) is 29.1 Å². The summed E-state index contributed by atoms with van der Waals surface area (Å²) < 4.78 is 0. The molecule has 0 amide bonds. The minimum absolute atomic E-state index is 0.111. The molecule has 2 rings (SSSR count). The van der Waals surface area contributed by atoms with Gasteiger partial charge in [-0.05, 0) is 30.2 Å². The van der Waals surface area contributed by atoms with Gasteiger partial charge in [0, 0.05) is 25.5 Å². The summed E-state index contributed by atoms with van der Waals surface area (Å²) in [4.78, 5) is 6.39. The van der Waals surface area contributed by atoms with Gasteiger partial charge in [0.05, 0.1) is 6.61 Å². The summed E-state index contributed by atoms with van der Waals surface area (Å²) in [5.41, 5.74) is 3.56. The molecule has 1 aromatic rings. The zero-order chi connectivity index (χ0) is 9.26. The maximum absolute atomic E-state index is 9.11. The van der Waals surface area contributed by atoms with Gasteiger partial charge < -0.3 is 10.0 Å². The van der Waals surface area contributed by atoms with Gasteiger partial charge in [-0.2, -0.15) is 0 Å². The number of nitrogens with zero attached hydrogens (tertiary/aromatic N) is 2. The second-order valence-corrected chi connectivity index (χ2v) is 3.58. The predicted octanol–water partition coefficient (Wildman–Crippen LogP) is 0.562. The number of hydrogen-bond acceptors (Lipinski definition) is 3. The van der Waals surface area contributed by atoms with Crippen LogP contribution in [0.3, 0.4) is 0 Å². The van der Waals surface area contributed by atoms with Crippen molar-refractivity contribution in [3.8, 4) is 0 Å². The second-order valence-electron chi connectivity index (χ2n) is 3.58. The largest absolute Gasteiger partial charge is 0.392 e. The van der Waals surface area contributed by atoms with E-state index in [-0.39, 0.29) is 6.61 Å². The van der Waals surface area contributed by atoms with Crippen LogP contribution in [0.25, 0.3) is 0 Å². The summed E-state index contributed by atoms with van der Waals surface area (Å²) in [6, 6.07) is 0. The van der Waals surface area contributed by atoms with Crippen LogP contribution in [-0.2, 0) is 19.6 Å². The Morgan fingerprint density at radius 3 is 3.15 bits per heavy atom. The molecule has 0 saturated carbocycles. The smallest absolute Gasteiger partial charge is 0.0699 e. The van der Waals surface area contributed by atoms with Gasteiger partial charge in [0.25, 0.3) is 0 Å². The van der Waals surface area contributed by atoms with Crippen LogP contribution in [0.5, 0.6) is 0 Å². The average molecular weight is 178 g/mol. The Labute approximate surface area is 78.0 Å². The second kappa shape index (κ2) is 3.44. The summed E-state index contributed by atoms with van der Waals surface area (Å²) in [6.45, 7) is 2.14. The molecule has 0 radical (unpaired) electrons. The Hall–Kier alpha value is -0.930. The molecule has 0 aliphatic carbocycles. The molecule has 1 N–H and O–H groups in total. The number of aliphatic hydroxyl groups excluding tert-OH is 1. The number of aliphatic hydroxyl groups is 1. The lowest BCUT2D eigenvalue weighted by Crippen LogP contribution is -2.27. The van der Waals surface area contributed by atoms with Crippen molar-refractivity contribution in [2.24, 2.45) is 0 Å². The number of hydrogen-bond donors (Lipinski definition) is 1. The molecule has 1 aliphatic rings. The van der Waals surface area contributed by atoms with Crippen molar-refractivity contribution in [2.75, 3.05) is 13.6 Å². The lowest BCUT2D eigenvalue weighted by molar-refractivity contribution is 0.273. The first kappa shape index (κ1) is 8.66. The van der Waals surface area contributed by atoms with Crippen molar-refractivity contribution in [1.29, 1.82) is 0 Å². The minimum Gasteiger partial charge on any atom is -0.392 e. The van der Waals surface area contributed by atoms with E-state index in [1.165, 1.54) is 11.1 Å². The third kappa shape index (κ3) is 1.57. The molecule has 3 heteroatoms. The van der Waals surface area contributed by atoms with Gasteiger partial charge in [-0.15, -0.1) is 0 Å². The SMILES string of the molecule is CN1CCc2c(CO)cncc2C1. The Bertz CT molecular complexity index is 312. The minimum atomic E-state index is 0.111. The Morgan fingerprint density at radius 1 is 1.54 bits per heavy atom. The number of pyridine rings is 1. The van der Waals surface area contributed by atoms with Crippen LogP contribution in [0.2, 0.25) is 0 Å². The molecule has 0 unspecified atom stereocenters. The highest BCUT2D eigenvalue weighted by Gasteiger charge is 2.15. The number of aromatic nitrogens is 1. The van der Waals surface area contributed by atoms with E-state index < -0.39 is 0 Å². The van der Waals surface area contributed by atoms with E-state index in [0.717, 1.165) is 25.1 Å². The monoisotopic (exact) mass is 178 g/mol. The summed E-state index contributed by atoms with van der Waals surface area (Å²) in [7, 11) is 2.11. The summed E-state index contributed by atoms with van der Waals surface area (Å²) >= 11 is 0. The molecule has 0 atom stereocenters. The first-order valence-corrected chi connectivity index (χ1v) is 4.55. The van der Waals surface area contributed by atoms with Gasteiger partial charge >= 0.3 is 0 Å². The van der Waals surface area contributed by atoms with Crippen LogP contribution < -0.4 is 0 Å². The normalized spacial score (nSPS) is 17.1. The quantitative estimate of drug-likeness (QED) is 0.682. The first-order chi connectivity index (χ1) is 6.31. The molecule has 1 aromatic heterocycles. The van der Waals surface area contributed by atoms with Crippen LogP contribution in [0.15, 0.2) is 12.4 Å². The van der Waals surface area contributed by atoms with E-state index in [2.05, 4.69) is 16.9 Å². The fourth-order valence-electron chi connectivity index (χ4n) is 1.85. The zero-order valence-electron chi connectivity index (χ0n) is 7.82. The highest BCUT2D eigenvalue weighted by Crippen LogP contribution is 2.20. The lowest BCUT2D eigenvalue weighted by atomic mass is 9.98. The number of fused-ring (bicyclic) bond motifs is 1. The van der Waals surface area contributed by atoms with Crippen molar-refractivity contribution in [3.63, 3.8) is 0 Å². The van der Waals surface area contributed by atoms with Gasteiger partial charge in [-0.1, -0.05) is 0 Å². The van der Waals surface area contributed by atoms with E-state index in [4.69, 9.17) is 5.11 Å². The zero-order valence-corrected chi connectivity index (χ0v) is 7.82. The van der Waals surface area contributed by atoms with Crippen molar-refractivity contribution in [1.82, 2.24) is 9.88 Å². The number of likely N-dealkylation sites (N-methyl/N-ethyl adjacent to an activating group) is 1. The van der Waals surface area contributed by atoms with E-state index in [9.17, 15) is 0 Å². The highest BCUT2D eigenvalue weighted by molar-refractivity contribution is 5.33. The Kier molecular flexibility index (Phi) is 2.29. The topological polar surface area (TPSA) is 36.4 Å². The van der Waals surface area contributed by atoms with Gasteiger partial charge in [0.2, 0.25) is 0 Å². The molecule has 1 aliphatic heterocycles. The maximum Gasteiger partial charge on any atom is 0.0699 e. The standard InChI is InChI=1S/C10H14N2O/c1-12-3-2-10-8(6-12)4-11-5-9(10)7-13/h4-5,13H,2-3,6-7H2,1H3. The van der Waals surface area contributed by atoms with Gasteiger partial charge in [-0.3, -0.25) is 4.98 Å². The van der Waals surface area contributed by atoms with E-state index in [1.807, 2.05) is 6.20 Å². The molecule has 13 heavy (non-hydrogen) atoms. The third-order valence-corrected chi connectivity index (χ3v) is 2.59.